The van der Waals surface area contributed by atoms with Crippen molar-refractivity contribution in [3.8, 4) is 0 Å². The first-order valence-electron chi connectivity index (χ1n) is 9.36. The lowest BCUT2D eigenvalue weighted by atomic mass is 9.87. The number of nitrogens with zero attached hydrogens (tertiary/aromatic N) is 1. The normalized spacial score (nSPS) is 27.6. The van der Waals surface area contributed by atoms with Crippen molar-refractivity contribution in [2.75, 3.05) is 19.7 Å². The third-order valence-corrected chi connectivity index (χ3v) is 4.92. The van der Waals surface area contributed by atoms with Crippen LogP contribution in [-0.4, -0.2) is 54.7 Å². The summed E-state index contributed by atoms with van der Waals surface area (Å²) in [6.45, 7) is 10.3. The number of likely N-dealkylation sites (tertiary alicyclic amines) is 1. The molecule has 6 heteroatoms. The maximum Gasteiger partial charge on any atom is 0.318 e. The lowest BCUT2D eigenvalue weighted by Crippen LogP contribution is -2.52. The zero-order chi connectivity index (χ0) is 17.7. The molecular formula is C18H33N3O3. The highest BCUT2D eigenvalue weighted by Crippen LogP contribution is 2.26. The third kappa shape index (κ3) is 4.85. The highest BCUT2D eigenvalue weighted by Gasteiger charge is 2.35. The Morgan fingerprint density at radius 1 is 1.17 bits per heavy atom. The van der Waals surface area contributed by atoms with E-state index in [2.05, 4.69) is 24.5 Å². The third-order valence-electron chi connectivity index (χ3n) is 4.92. The van der Waals surface area contributed by atoms with Gasteiger partial charge in [-0.3, -0.25) is 4.79 Å². The van der Waals surface area contributed by atoms with E-state index in [4.69, 9.17) is 4.74 Å². The monoisotopic (exact) mass is 339 g/mol. The minimum Gasteiger partial charge on any atom is -0.378 e. The van der Waals surface area contributed by atoms with Crippen molar-refractivity contribution in [2.45, 2.75) is 71.6 Å². The predicted molar refractivity (Wildman–Crippen MR) is 93.7 cm³/mol. The molecule has 0 aromatic rings. The number of ether oxygens (including phenoxy) is 1. The summed E-state index contributed by atoms with van der Waals surface area (Å²) in [6.07, 6.45) is 3.97. The van der Waals surface area contributed by atoms with Gasteiger partial charge in [0.15, 0.2) is 0 Å². The fourth-order valence-corrected chi connectivity index (χ4v) is 3.78. The molecule has 2 heterocycles. The molecule has 24 heavy (non-hydrogen) atoms. The topological polar surface area (TPSA) is 70.7 Å². The zero-order valence-corrected chi connectivity index (χ0v) is 15.5. The number of urea groups is 1. The number of amides is 3. The van der Waals surface area contributed by atoms with Crippen molar-refractivity contribution in [1.29, 1.82) is 0 Å². The van der Waals surface area contributed by atoms with Crippen LogP contribution in [0.4, 0.5) is 4.79 Å². The van der Waals surface area contributed by atoms with Crippen LogP contribution in [0.2, 0.25) is 0 Å². The van der Waals surface area contributed by atoms with E-state index in [-0.39, 0.29) is 30.1 Å². The van der Waals surface area contributed by atoms with E-state index in [0.29, 0.717) is 24.9 Å². The summed E-state index contributed by atoms with van der Waals surface area (Å²) in [4.78, 5) is 26.5. The molecule has 6 nitrogen and oxygen atoms in total. The Hall–Kier alpha value is -1.30. The Kier molecular flexibility index (Phi) is 6.90. The molecule has 0 radical (unpaired) electrons. The average molecular weight is 339 g/mol. The molecule has 0 saturated carbocycles. The Morgan fingerprint density at radius 2 is 1.92 bits per heavy atom. The fourth-order valence-electron chi connectivity index (χ4n) is 3.78. The largest absolute Gasteiger partial charge is 0.378 e. The van der Waals surface area contributed by atoms with E-state index >= 15 is 0 Å². The van der Waals surface area contributed by atoms with E-state index in [9.17, 15) is 9.59 Å². The molecule has 2 saturated heterocycles. The van der Waals surface area contributed by atoms with Crippen LogP contribution in [0.15, 0.2) is 0 Å². The summed E-state index contributed by atoms with van der Waals surface area (Å²) >= 11 is 0. The second-order valence-electron chi connectivity index (χ2n) is 7.68. The van der Waals surface area contributed by atoms with Crippen LogP contribution < -0.4 is 10.6 Å². The first-order valence-corrected chi connectivity index (χ1v) is 9.36. The van der Waals surface area contributed by atoms with Crippen molar-refractivity contribution < 1.29 is 14.3 Å². The summed E-state index contributed by atoms with van der Waals surface area (Å²) in [5.41, 5.74) is 0. The molecule has 0 unspecified atom stereocenters. The molecule has 0 aromatic heterocycles. The minimum absolute atomic E-state index is 0.0283. The summed E-state index contributed by atoms with van der Waals surface area (Å²) < 4.78 is 5.89. The van der Waals surface area contributed by atoms with Crippen molar-refractivity contribution in [2.24, 2.45) is 11.8 Å². The molecule has 2 aliphatic rings. The lowest BCUT2D eigenvalue weighted by Gasteiger charge is -2.35. The van der Waals surface area contributed by atoms with Crippen LogP contribution in [0.25, 0.3) is 0 Å². The molecule has 0 aromatic carbocycles. The Morgan fingerprint density at radius 3 is 2.58 bits per heavy atom. The van der Waals surface area contributed by atoms with Gasteiger partial charge in [-0.15, -0.1) is 0 Å². The van der Waals surface area contributed by atoms with Gasteiger partial charge in [0, 0.05) is 31.7 Å². The van der Waals surface area contributed by atoms with Gasteiger partial charge in [0.2, 0.25) is 5.91 Å². The van der Waals surface area contributed by atoms with Gasteiger partial charge in [0.05, 0.1) is 6.10 Å². The highest BCUT2D eigenvalue weighted by atomic mass is 16.5. The molecule has 0 aliphatic carbocycles. The van der Waals surface area contributed by atoms with Crippen LogP contribution >= 0.6 is 0 Å². The number of hydrogen-bond donors (Lipinski definition) is 2. The summed E-state index contributed by atoms with van der Waals surface area (Å²) in [7, 11) is 0. The second kappa shape index (κ2) is 8.70. The predicted octanol–water partition coefficient (Wildman–Crippen LogP) is 2.14. The quantitative estimate of drug-likeness (QED) is 0.806. The van der Waals surface area contributed by atoms with Crippen LogP contribution in [0, 0.1) is 11.8 Å². The van der Waals surface area contributed by atoms with Crippen LogP contribution in [0.5, 0.6) is 0 Å². The maximum absolute atomic E-state index is 12.6. The smallest absolute Gasteiger partial charge is 0.318 e. The van der Waals surface area contributed by atoms with Gasteiger partial charge in [0.1, 0.15) is 6.04 Å². The number of nitrogens with one attached hydrogen (secondary N) is 2. The molecule has 3 amide bonds. The minimum atomic E-state index is -0.342. The second-order valence-corrected chi connectivity index (χ2v) is 7.68. The average Bonchev–Trinajstić information content (AvgIpc) is 3.02. The van der Waals surface area contributed by atoms with Crippen molar-refractivity contribution in [3.63, 3.8) is 0 Å². The summed E-state index contributed by atoms with van der Waals surface area (Å²) in [6, 6.07) is -0.400. The molecule has 138 valence electrons. The highest BCUT2D eigenvalue weighted by molar-refractivity contribution is 5.87. The first kappa shape index (κ1) is 19.0. The summed E-state index contributed by atoms with van der Waals surface area (Å²) in [5, 5.41) is 5.96. The van der Waals surface area contributed by atoms with Crippen LogP contribution in [-0.2, 0) is 9.53 Å². The maximum atomic E-state index is 12.6. The van der Waals surface area contributed by atoms with E-state index in [0.717, 1.165) is 32.3 Å². The van der Waals surface area contributed by atoms with Gasteiger partial charge < -0.3 is 20.3 Å². The fraction of sp³-hybridized carbons (Fsp3) is 0.889. The number of rotatable bonds is 5. The van der Waals surface area contributed by atoms with E-state index in [1.807, 2.05) is 13.8 Å². The Bertz CT molecular complexity index is 439. The van der Waals surface area contributed by atoms with E-state index < -0.39 is 0 Å². The molecule has 3 atom stereocenters. The molecule has 2 fully saturated rings. The van der Waals surface area contributed by atoms with Gasteiger partial charge in [-0.2, -0.15) is 0 Å². The lowest BCUT2D eigenvalue weighted by molar-refractivity contribution is -0.125. The van der Waals surface area contributed by atoms with E-state index in [1.165, 1.54) is 0 Å². The number of carbonyl (C=O) groups is 2. The number of hydrogen-bond acceptors (Lipinski definition) is 3. The van der Waals surface area contributed by atoms with Crippen molar-refractivity contribution >= 4 is 11.9 Å². The van der Waals surface area contributed by atoms with Gasteiger partial charge >= 0.3 is 6.03 Å². The molecule has 2 rings (SSSR count). The van der Waals surface area contributed by atoms with Crippen LogP contribution in [0.3, 0.4) is 0 Å². The zero-order valence-electron chi connectivity index (χ0n) is 15.5. The molecule has 0 bridgehead atoms. The van der Waals surface area contributed by atoms with Crippen molar-refractivity contribution in [1.82, 2.24) is 15.5 Å². The Balaban J connectivity index is 1.87. The molecular weight excluding hydrogens is 306 g/mol. The van der Waals surface area contributed by atoms with Crippen molar-refractivity contribution in [3.05, 3.63) is 0 Å². The molecule has 0 spiro atoms. The standard InChI is InChI=1S/C18H33N3O3/c1-12(2)16-14(7-6-10-24-16)11-19-17(22)15-8-5-9-21(15)18(23)20-13(3)4/h12-16H,5-11H2,1-4H3,(H,19,22)(H,20,23)/t14-,15-,16-/m0/s1. The number of carbonyl (C=O) groups excluding carboxylic acids is 2. The van der Waals surface area contributed by atoms with Crippen LogP contribution in [0.1, 0.15) is 53.4 Å². The Labute approximate surface area is 145 Å². The van der Waals surface area contributed by atoms with Gasteiger partial charge in [-0.05, 0) is 45.4 Å². The van der Waals surface area contributed by atoms with E-state index in [1.54, 1.807) is 4.90 Å². The van der Waals surface area contributed by atoms with Gasteiger partial charge in [0.25, 0.3) is 0 Å². The summed E-state index contributed by atoms with van der Waals surface area (Å²) in [5.74, 6) is 0.786. The molecule has 2 N–H and O–H groups in total. The SMILES string of the molecule is CC(C)NC(=O)N1CCC[C@H]1C(=O)NC[C@@H]1CCCO[C@H]1C(C)C. The molecule has 2 aliphatic heterocycles. The van der Waals surface area contributed by atoms with Gasteiger partial charge in [-0.1, -0.05) is 13.8 Å². The van der Waals surface area contributed by atoms with Gasteiger partial charge in [-0.25, -0.2) is 4.79 Å². The first-order chi connectivity index (χ1) is 11.4.